The van der Waals surface area contributed by atoms with Crippen molar-refractivity contribution in [3.05, 3.63) is 0 Å². The van der Waals surface area contributed by atoms with Crippen LogP contribution in [-0.2, 0) is 4.79 Å². The fourth-order valence-electron chi connectivity index (χ4n) is 0.657. The molecule has 0 aromatic heterocycles. The molecule has 0 unspecified atom stereocenters. The summed E-state index contributed by atoms with van der Waals surface area (Å²) in [7, 11) is 0. The molecule has 3 N–H and O–H groups in total. The van der Waals surface area contributed by atoms with Crippen molar-refractivity contribution in [2.75, 3.05) is 6.54 Å². The number of nitrogens with two attached hydrogens (primary N) is 1. The van der Waals surface area contributed by atoms with E-state index in [0.717, 1.165) is 6.42 Å². The third-order valence-corrected chi connectivity index (χ3v) is 1.06. The summed E-state index contributed by atoms with van der Waals surface area (Å²) in [5.74, 6) is 0.0976. The lowest BCUT2D eigenvalue weighted by Crippen LogP contribution is -2.30. The molecule has 0 aromatic carbocycles. The quantitative estimate of drug-likeness (QED) is 0.594. The molecule has 3 nitrogen and oxygen atoms in total. The summed E-state index contributed by atoms with van der Waals surface area (Å²) in [6.45, 7) is 4.48. The van der Waals surface area contributed by atoms with Crippen molar-refractivity contribution < 1.29 is 4.79 Å². The minimum atomic E-state index is 0.0976. The summed E-state index contributed by atoms with van der Waals surface area (Å²) in [4.78, 5) is 10.8. The highest BCUT2D eigenvalue weighted by molar-refractivity contribution is 5.76. The van der Waals surface area contributed by atoms with Crippen LogP contribution in [0.1, 0.15) is 26.7 Å². The van der Waals surface area contributed by atoms with Gasteiger partial charge in [0.2, 0.25) is 5.91 Å². The normalized spacial score (nSPS) is 10.0. The molecule has 0 aliphatic rings. The van der Waals surface area contributed by atoms with Crippen LogP contribution in [0.2, 0.25) is 0 Å². The topological polar surface area (TPSA) is 55.1 Å². The Morgan fingerprint density at radius 2 is 2.20 bits per heavy atom. The van der Waals surface area contributed by atoms with E-state index in [9.17, 15) is 4.79 Å². The second-order valence-corrected chi connectivity index (χ2v) is 2.61. The van der Waals surface area contributed by atoms with Crippen molar-refractivity contribution >= 4 is 5.91 Å². The van der Waals surface area contributed by atoms with Crippen molar-refractivity contribution in [3.63, 3.8) is 0 Å². The van der Waals surface area contributed by atoms with Crippen LogP contribution in [-0.4, -0.2) is 18.5 Å². The molecule has 0 saturated carbocycles. The summed E-state index contributed by atoms with van der Waals surface area (Å²) in [5.41, 5.74) is 5.23. The number of nitrogens with one attached hydrogen (secondary N) is 1. The summed E-state index contributed by atoms with van der Waals surface area (Å²) >= 11 is 0. The summed E-state index contributed by atoms with van der Waals surface area (Å²) in [5, 5.41) is 2.78. The number of hydrogen-bond donors (Lipinski definition) is 2. The highest BCUT2D eigenvalue weighted by atomic mass is 16.1. The smallest absolute Gasteiger partial charge is 0.220 e. The van der Waals surface area contributed by atoms with Crippen molar-refractivity contribution in [2.24, 2.45) is 5.73 Å². The fourth-order valence-corrected chi connectivity index (χ4v) is 0.657. The zero-order valence-corrected chi connectivity index (χ0v) is 6.68. The van der Waals surface area contributed by atoms with E-state index in [1.807, 2.05) is 13.8 Å². The van der Waals surface area contributed by atoms with Gasteiger partial charge in [0.15, 0.2) is 0 Å². The standard InChI is InChI=1S/C7H16N2O/c1-6(2)9-7(10)4-3-5-8/h6H,3-5,8H2,1-2H3,(H,9,10). The number of carbonyl (C=O) groups excluding carboxylic acids is 1. The van der Waals surface area contributed by atoms with E-state index >= 15 is 0 Å². The molecule has 0 radical (unpaired) electrons. The Hall–Kier alpha value is -0.570. The molecule has 0 saturated heterocycles. The van der Waals surface area contributed by atoms with Crippen molar-refractivity contribution in [1.82, 2.24) is 5.32 Å². The second-order valence-electron chi connectivity index (χ2n) is 2.61. The molecule has 60 valence electrons. The molecule has 0 atom stereocenters. The molecular formula is C7H16N2O. The van der Waals surface area contributed by atoms with Gasteiger partial charge in [0.25, 0.3) is 0 Å². The Bertz CT molecular complexity index is 102. The maximum atomic E-state index is 10.8. The minimum Gasteiger partial charge on any atom is -0.354 e. The number of amides is 1. The zero-order valence-electron chi connectivity index (χ0n) is 6.68. The average molecular weight is 144 g/mol. The zero-order chi connectivity index (χ0) is 7.98. The van der Waals surface area contributed by atoms with Crippen molar-refractivity contribution in [1.29, 1.82) is 0 Å². The molecule has 0 aliphatic carbocycles. The summed E-state index contributed by atoms with van der Waals surface area (Å²) in [6.07, 6.45) is 1.33. The molecular weight excluding hydrogens is 128 g/mol. The number of hydrogen-bond acceptors (Lipinski definition) is 2. The van der Waals surface area contributed by atoms with Crippen LogP contribution >= 0.6 is 0 Å². The number of rotatable bonds is 4. The van der Waals surface area contributed by atoms with Gasteiger partial charge in [0.05, 0.1) is 0 Å². The molecule has 1 amide bonds. The van der Waals surface area contributed by atoms with Crippen LogP contribution in [0, 0.1) is 0 Å². The van der Waals surface area contributed by atoms with Gasteiger partial charge >= 0.3 is 0 Å². The lowest BCUT2D eigenvalue weighted by atomic mass is 10.3. The molecule has 0 rings (SSSR count). The Labute approximate surface area is 62.0 Å². The van der Waals surface area contributed by atoms with Crippen LogP contribution in [0.15, 0.2) is 0 Å². The van der Waals surface area contributed by atoms with Gasteiger partial charge in [-0.25, -0.2) is 0 Å². The first-order valence-corrected chi connectivity index (χ1v) is 3.66. The summed E-state index contributed by atoms with van der Waals surface area (Å²) in [6, 6.07) is 0.241. The van der Waals surface area contributed by atoms with E-state index in [1.165, 1.54) is 0 Å². The monoisotopic (exact) mass is 144 g/mol. The fraction of sp³-hybridized carbons (Fsp3) is 0.857. The number of carbonyl (C=O) groups is 1. The molecule has 3 heteroatoms. The Balaban J connectivity index is 3.26. The average Bonchev–Trinajstić information content (AvgIpc) is 1.82. The van der Waals surface area contributed by atoms with Crippen LogP contribution in [0.5, 0.6) is 0 Å². The lowest BCUT2D eigenvalue weighted by molar-refractivity contribution is -0.121. The maximum Gasteiger partial charge on any atom is 0.220 e. The Morgan fingerprint density at radius 1 is 1.60 bits per heavy atom. The van der Waals surface area contributed by atoms with Gasteiger partial charge in [-0.15, -0.1) is 0 Å². The van der Waals surface area contributed by atoms with Crippen LogP contribution in [0.25, 0.3) is 0 Å². The lowest BCUT2D eigenvalue weighted by Gasteiger charge is -2.06. The molecule has 0 bridgehead atoms. The van der Waals surface area contributed by atoms with Crippen molar-refractivity contribution in [3.8, 4) is 0 Å². The third kappa shape index (κ3) is 5.56. The molecule has 10 heavy (non-hydrogen) atoms. The van der Waals surface area contributed by atoms with E-state index in [0.29, 0.717) is 13.0 Å². The molecule has 0 spiro atoms. The molecule has 0 aliphatic heterocycles. The van der Waals surface area contributed by atoms with E-state index in [1.54, 1.807) is 0 Å². The first kappa shape index (κ1) is 9.43. The van der Waals surface area contributed by atoms with Gasteiger partial charge in [0, 0.05) is 12.5 Å². The maximum absolute atomic E-state index is 10.8. The highest BCUT2D eigenvalue weighted by Gasteiger charge is 2.00. The Morgan fingerprint density at radius 3 is 2.60 bits per heavy atom. The van der Waals surface area contributed by atoms with Gasteiger partial charge in [-0.1, -0.05) is 0 Å². The second kappa shape index (κ2) is 5.23. The van der Waals surface area contributed by atoms with Crippen LogP contribution in [0.3, 0.4) is 0 Å². The van der Waals surface area contributed by atoms with E-state index < -0.39 is 0 Å². The summed E-state index contributed by atoms with van der Waals surface area (Å²) < 4.78 is 0. The first-order chi connectivity index (χ1) is 4.66. The van der Waals surface area contributed by atoms with Crippen molar-refractivity contribution in [2.45, 2.75) is 32.7 Å². The SMILES string of the molecule is CC(C)NC(=O)CCCN. The highest BCUT2D eigenvalue weighted by Crippen LogP contribution is 1.86. The third-order valence-electron chi connectivity index (χ3n) is 1.06. The van der Waals surface area contributed by atoms with Gasteiger partial charge in [-0.05, 0) is 26.8 Å². The predicted molar refractivity (Wildman–Crippen MR) is 41.6 cm³/mol. The van der Waals surface area contributed by atoms with Crippen LogP contribution < -0.4 is 11.1 Å². The van der Waals surface area contributed by atoms with Gasteiger partial charge in [-0.2, -0.15) is 0 Å². The van der Waals surface area contributed by atoms with E-state index in [-0.39, 0.29) is 11.9 Å². The molecule has 0 heterocycles. The van der Waals surface area contributed by atoms with E-state index in [4.69, 9.17) is 5.73 Å². The predicted octanol–water partition coefficient (Wildman–Crippen LogP) is 0.250. The van der Waals surface area contributed by atoms with Gasteiger partial charge in [0.1, 0.15) is 0 Å². The largest absolute Gasteiger partial charge is 0.354 e. The minimum absolute atomic E-state index is 0.0976. The molecule has 0 aromatic rings. The van der Waals surface area contributed by atoms with E-state index in [2.05, 4.69) is 5.32 Å². The van der Waals surface area contributed by atoms with Gasteiger partial charge < -0.3 is 11.1 Å². The molecule has 0 fully saturated rings. The van der Waals surface area contributed by atoms with Crippen LogP contribution in [0.4, 0.5) is 0 Å². The Kier molecular flexibility index (Phi) is 4.94. The first-order valence-electron chi connectivity index (χ1n) is 3.66. The van der Waals surface area contributed by atoms with Gasteiger partial charge in [-0.3, -0.25) is 4.79 Å².